The van der Waals surface area contributed by atoms with E-state index in [1.165, 1.54) is 32.8 Å². The van der Waals surface area contributed by atoms with Crippen LogP contribution in [0.4, 0.5) is 0 Å². The van der Waals surface area contributed by atoms with Crippen LogP contribution in [0.1, 0.15) is 58.3 Å². The molecule has 0 unspecified atom stereocenters. The van der Waals surface area contributed by atoms with Crippen LogP contribution in [0.25, 0.3) is 0 Å². The van der Waals surface area contributed by atoms with Gasteiger partial charge in [-0.1, -0.05) is 0 Å². The lowest BCUT2D eigenvalue weighted by molar-refractivity contribution is -0.171. The number of hydrogen-bond acceptors (Lipinski definition) is 5. The molecule has 124 valence electrons. The maximum Gasteiger partial charge on any atom is 0.305 e. The van der Waals surface area contributed by atoms with Crippen LogP contribution in [0.3, 0.4) is 0 Å². The summed E-state index contributed by atoms with van der Waals surface area (Å²) in [5.41, 5.74) is 0. The van der Waals surface area contributed by atoms with Crippen molar-refractivity contribution in [1.29, 1.82) is 0 Å². The van der Waals surface area contributed by atoms with Gasteiger partial charge in [0.15, 0.2) is 5.79 Å². The zero-order valence-corrected chi connectivity index (χ0v) is 13.5. The van der Waals surface area contributed by atoms with Gasteiger partial charge in [-0.2, -0.15) is 0 Å². The van der Waals surface area contributed by atoms with E-state index in [1.807, 2.05) is 6.92 Å². The molecule has 2 aliphatic carbocycles. The molecule has 0 radical (unpaired) electrons. The molecule has 0 bridgehead atoms. The van der Waals surface area contributed by atoms with Crippen molar-refractivity contribution in [1.82, 2.24) is 0 Å². The van der Waals surface area contributed by atoms with E-state index in [0.717, 1.165) is 0 Å². The Morgan fingerprint density at radius 2 is 1.55 bits per heavy atom. The molecule has 0 aromatic carbocycles. The Labute approximate surface area is 131 Å². The molecule has 0 spiro atoms. The van der Waals surface area contributed by atoms with E-state index in [0.29, 0.717) is 24.7 Å². The Hall–Kier alpha value is -0.940. The van der Waals surface area contributed by atoms with Crippen molar-refractivity contribution in [2.75, 3.05) is 7.11 Å². The fraction of sp³-hybridized carbons (Fsp3) is 0.882. The third-order valence-corrected chi connectivity index (χ3v) is 4.96. The van der Waals surface area contributed by atoms with E-state index in [1.54, 1.807) is 0 Å². The highest BCUT2D eigenvalue weighted by Gasteiger charge is 2.54. The van der Waals surface area contributed by atoms with Gasteiger partial charge in [0.05, 0.1) is 25.7 Å². The molecule has 22 heavy (non-hydrogen) atoms. The van der Waals surface area contributed by atoms with E-state index < -0.39 is 5.79 Å². The van der Waals surface area contributed by atoms with Gasteiger partial charge in [0.1, 0.15) is 5.78 Å². The van der Waals surface area contributed by atoms with Crippen LogP contribution >= 0.6 is 0 Å². The summed E-state index contributed by atoms with van der Waals surface area (Å²) in [6.45, 7) is 1.96. The second-order valence-corrected chi connectivity index (χ2v) is 7.09. The van der Waals surface area contributed by atoms with Gasteiger partial charge in [-0.3, -0.25) is 9.59 Å². The number of Topliss-reactive ketones (excluding diaryl/α,β-unsaturated/α-hetero) is 1. The first kappa shape index (κ1) is 15.9. The average molecular weight is 310 g/mol. The number of carbonyl (C=O) groups excluding carboxylic acids is 2. The molecular formula is C17H26O5. The van der Waals surface area contributed by atoms with Crippen LogP contribution in [0.5, 0.6) is 0 Å². The maximum atomic E-state index is 11.9. The Bertz CT molecular complexity index is 418. The van der Waals surface area contributed by atoms with Crippen molar-refractivity contribution in [3.8, 4) is 0 Å². The summed E-state index contributed by atoms with van der Waals surface area (Å²) >= 11 is 0. The number of ether oxygens (including phenoxy) is 3. The zero-order chi connectivity index (χ0) is 15.7. The van der Waals surface area contributed by atoms with Crippen LogP contribution in [0.2, 0.25) is 0 Å². The summed E-state index contributed by atoms with van der Waals surface area (Å²) in [5.74, 6) is 0.402. The van der Waals surface area contributed by atoms with Crippen molar-refractivity contribution < 1.29 is 23.8 Å². The van der Waals surface area contributed by atoms with Gasteiger partial charge in [-0.05, 0) is 44.4 Å². The average Bonchev–Trinajstić information content (AvgIpc) is 3.40. The minimum absolute atomic E-state index is 0.0664. The molecule has 5 heteroatoms. The van der Waals surface area contributed by atoms with Crippen LogP contribution in [0.15, 0.2) is 0 Å². The maximum absolute atomic E-state index is 11.9. The fourth-order valence-electron chi connectivity index (χ4n) is 3.27. The molecule has 5 nitrogen and oxygen atoms in total. The largest absolute Gasteiger partial charge is 0.469 e. The van der Waals surface area contributed by atoms with Crippen LogP contribution < -0.4 is 0 Å². The van der Waals surface area contributed by atoms with E-state index in [9.17, 15) is 9.59 Å². The van der Waals surface area contributed by atoms with Crippen molar-refractivity contribution in [2.45, 2.75) is 76.3 Å². The highest BCUT2D eigenvalue weighted by molar-refractivity contribution is 5.82. The number of rotatable bonds is 8. The van der Waals surface area contributed by atoms with Crippen LogP contribution in [-0.2, 0) is 23.8 Å². The Balaban J connectivity index is 1.47. The lowest BCUT2D eigenvalue weighted by Crippen LogP contribution is -2.28. The summed E-state index contributed by atoms with van der Waals surface area (Å²) in [5, 5.41) is 0. The number of hydrogen-bond donors (Lipinski definition) is 0. The van der Waals surface area contributed by atoms with Gasteiger partial charge in [0, 0.05) is 19.3 Å². The number of ketones is 1. The highest BCUT2D eigenvalue weighted by Crippen LogP contribution is 2.50. The lowest BCUT2D eigenvalue weighted by Gasteiger charge is -2.23. The van der Waals surface area contributed by atoms with Gasteiger partial charge in [0.2, 0.25) is 0 Å². The van der Waals surface area contributed by atoms with E-state index in [2.05, 4.69) is 4.74 Å². The normalized spacial score (nSPS) is 30.3. The summed E-state index contributed by atoms with van der Waals surface area (Å²) in [4.78, 5) is 23.0. The number of methoxy groups -OCH3 is 1. The first-order valence-corrected chi connectivity index (χ1v) is 8.45. The topological polar surface area (TPSA) is 61.8 Å². The minimum atomic E-state index is -0.637. The predicted octanol–water partition coefficient (Wildman–Crippen LogP) is 2.61. The fourth-order valence-corrected chi connectivity index (χ4v) is 3.27. The third-order valence-electron chi connectivity index (χ3n) is 4.96. The lowest BCUT2D eigenvalue weighted by atomic mass is 10.1. The van der Waals surface area contributed by atoms with Crippen molar-refractivity contribution >= 4 is 11.8 Å². The number of esters is 1. The van der Waals surface area contributed by atoms with Crippen LogP contribution in [-0.4, -0.2) is 36.9 Å². The van der Waals surface area contributed by atoms with E-state index in [-0.39, 0.29) is 36.8 Å². The SMILES string of the molecule is COC(=O)CCC(=O)CCC1(C)O[C@@H](C2CC2)[C@H](C2CC2)O1. The number of carbonyl (C=O) groups is 2. The monoisotopic (exact) mass is 310 g/mol. The Kier molecular flexibility index (Phi) is 4.55. The second kappa shape index (κ2) is 6.28. The van der Waals surface area contributed by atoms with Gasteiger partial charge in [-0.15, -0.1) is 0 Å². The molecule has 1 heterocycles. The molecule has 0 amide bonds. The summed E-state index contributed by atoms with van der Waals surface area (Å²) in [6, 6.07) is 0. The molecule has 0 aromatic heterocycles. The van der Waals surface area contributed by atoms with Crippen molar-refractivity contribution in [3.63, 3.8) is 0 Å². The van der Waals surface area contributed by atoms with Crippen molar-refractivity contribution in [3.05, 3.63) is 0 Å². The van der Waals surface area contributed by atoms with Gasteiger partial charge < -0.3 is 14.2 Å². The van der Waals surface area contributed by atoms with E-state index in [4.69, 9.17) is 9.47 Å². The molecule has 3 rings (SSSR count). The molecule has 2 saturated carbocycles. The summed E-state index contributed by atoms with van der Waals surface area (Å²) < 4.78 is 17.0. The van der Waals surface area contributed by atoms with Gasteiger partial charge in [0.25, 0.3) is 0 Å². The summed E-state index contributed by atoms with van der Waals surface area (Å²) in [7, 11) is 1.34. The third kappa shape index (κ3) is 3.87. The first-order valence-electron chi connectivity index (χ1n) is 8.45. The van der Waals surface area contributed by atoms with Gasteiger partial charge >= 0.3 is 5.97 Å². The molecule has 3 fully saturated rings. The minimum Gasteiger partial charge on any atom is -0.469 e. The first-order chi connectivity index (χ1) is 10.5. The standard InChI is InChI=1S/C17H26O5/c1-17(10-9-13(18)7-8-14(19)20-2)21-15(11-3-4-11)16(22-17)12-5-6-12/h11-12,15-16H,3-10H2,1-2H3/t15-,16-/m0/s1. The van der Waals surface area contributed by atoms with E-state index >= 15 is 0 Å². The van der Waals surface area contributed by atoms with Crippen molar-refractivity contribution in [2.24, 2.45) is 11.8 Å². The van der Waals surface area contributed by atoms with Gasteiger partial charge in [-0.25, -0.2) is 0 Å². The Morgan fingerprint density at radius 3 is 2.00 bits per heavy atom. The smallest absolute Gasteiger partial charge is 0.305 e. The molecule has 0 aromatic rings. The second-order valence-electron chi connectivity index (χ2n) is 7.09. The molecule has 3 aliphatic rings. The highest BCUT2D eigenvalue weighted by atomic mass is 16.8. The molecular weight excluding hydrogens is 284 g/mol. The summed E-state index contributed by atoms with van der Waals surface area (Å²) in [6.07, 6.45) is 6.77. The zero-order valence-electron chi connectivity index (χ0n) is 13.5. The quantitative estimate of drug-likeness (QED) is 0.645. The van der Waals surface area contributed by atoms with Crippen LogP contribution in [0, 0.1) is 11.8 Å². The predicted molar refractivity (Wildman–Crippen MR) is 79.1 cm³/mol. The molecule has 1 aliphatic heterocycles. The molecule has 1 saturated heterocycles. The molecule has 0 N–H and O–H groups in total. The Morgan fingerprint density at radius 1 is 1.00 bits per heavy atom. The molecule has 2 atom stereocenters.